The number of aliphatic hydroxyl groups excluding tert-OH is 1. The van der Waals surface area contributed by atoms with Crippen molar-refractivity contribution in [1.82, 2.24) is 0 Å². The number of aliphatic hydroxyl groups is 1. The predicted molar refractivity (Wildman–Crippen MR) is 56.9 cm³/mol. The molecule has 4 nitrogen and oxygen atoms in total. The first-order chi connectivity index (χ1) is 7.24. The van der Waals surface area contributed by atoms with Gasteiger partial charge >= 0.3 is 0 Å². The van der Waals surface area contributed by atoms with Crippen molar-refractivity contribution in [3.63, 3.8) is 0 Å². The summed E-state index contributed by atoms with van der Waals surface area (Å²) in [6, 6.07) is 5.53. The number of rotatable bonds is 1. The summed E-state index contributed by atoms with van der Waals surface area (Å²) in [4.78, 5) is 0. The molecular formula is C11H14N2O2. The van der Waals surface area contributed by atoms with Crippen molar-refractivity contribution in [3.05, 3.63) is 34.9 Å². The van der Waals surface area contributed by atoms with Crippen LogP contribution in [0.5, 0.6) is 0 Å². The molecule has 1 aromatic carbocycles. The minimum atomic E-state index is -0.416. The average molecular weight is 206 g/mol. The van der Waals surface area contributed by atoms with Crippen LogP contribution in [0.1, 0.15) is 35.6 Å². The van der Waals surface area contributed by atoms with E-state index in [0.717, 1.165) is 36.0 Å². The molecule has 4 N–H and O–H groups in total. The van der Waals surface area contributed by atoms with E-state index in [1.165, 1.54) is 0 Å². The van der Waals surface area contributed by atoms with Crippen LogP contribution in [-0.4, -0.2) is 16.1 Å². The Balaban J connectivity index is 2.54. The zero-order chi connectivity index (χ0) is 10.8. The fourth-order valence-electron chi connectivity index (χ4n) is 2.12. The van der Waals surface area contributed by atoms with E-state index in [9.17, 15) is 5.11 Å². The van der Waals surface area contributed by atoms with Crippen LogP contribution in [0.3, 0.4) is 0 Å². The zero-order valence-corrected chi connectivity index (χ0v) is 8.35. The monoisotopic (exact) mass is 206 g/mol. The molecule has 1 atom stereocenters. The van der Waals surface area contributed by atoms with Gasteiger partial charge in [0.15, 0.2) is 5.84 Å². The Morgan fingerprint density at radius 1 is 1.47 bits per heavy atom. The van der Waals surface area contributed by atoms with E-state index >= 15 is 0 Å². The van der Waals surface area contributed by atoms with Crippen LogP contribution >= 0.6 is 0 Å². The first-order valence-electron chi connectivity index (χ1n) is 5.01. The topological polar surface area (TPSA) is 78.8 Å². The molecular weight excluding hydrogens is 192 g/mol. The van der Waals surface area contributed by atoms with Gasteiger partial charge in [0.1, 0.15) is 0 Å². The maximum atomic E-state index is 9.80. The smallest absolute Gasteiger partial charge is 0.170 e. The van der Waals surface area contributed by atoms with Crippen LogP contribution in [0.2, 0.25) is 0 Å². The lowest BCUT2D eigenvalue weighted by Crippen LogP contribution is -2.19. The van der Waals surface area contributed by atoms with E-state index in [2.05, 4.69) is 5.16 Å². The van der Waals surface area contributed by atoms with Crippen molar-refractivity contribution < 1.29 is 10.3 Å². The molecule has 0 saturated heterocycles. The third-order valence-electron chi connectivity index (χ3n) is 2.86. The number of benzene rings is 1. The molecule has 0 heterocycles. The number of oxime groups is 1. The Bertz CT molecular complexity index is 402. The van der Waals surface area contributed by atoms with Crippen molar-refractivity contribution in [1.29, 1.82) is 0 Å². The minimum Gasteiger partial charge on any atom is -0.409 e. The largest absolute Gasteiger partial charge is 0.409 e. The molecule has 0 radical (unpaired) electrons. The van der Waals surface area contributed by atoms with Crippen LogP contribution in [0.25, 0.3) is 0 Å². The van der Waals surface area contributed by atoms with Gasteiger partial charge in [0.25, 0.3) is 0 Å². The van der Waals surface area contributed by atoms with E-state index in [0.29, 0.717) is 0 Å². The number of hydrogen-bond acceptors (Lipinski definition) is 3. The van der Waals surface area contributed by atoms with Gasteiger partial charge in [-0.05, 0) is 30.4 Å². The van der Waals surface area contributed by atoms with E-state index in [1.54, 1.807) is 0 Å². The van der Waals surface area contributed by atoms with Crippen LogP contribution in [0, 0.1) is 0 Å². The fraction of sp³-hybridized carbons (Fsp3) is 0.364. The third-order valence-corrected chi connectivity index (χ3v) is 2.86. The van der Waals surface area contributed by atoms with Gasteiger partial charge in [-0.15, -0.1) is 0 Å². The van der Waals surface area contributed by atoms with E-state index < -0.39 is 6.10 Å². The second-order valence-corrected chi connectivity index (χ2v) is 3.77. The highest BCUT2D eigenvalue weighted by Gasteiger charge is 2.21. The maximum Gasteiger partial charge on any atom is 0.170 e. The van der Waals surface area contributed by atoms with Crippen molar-refractivity contribution in [2.45, 2.75) is 25.4 Å². The summed E-state index contributed by atoms with van der Waals surface area (Å²) in [7, 11) is 0. The normalized spacial score (nSPS) is 21.1. The molecule has 4 heteroatoms. The van der Waals surface area contributed by atoms with Crippen LogP contribution in [0.4, 0.5) is 0 Å². The molecule has 0 aromatic heterocycles. The Kier molecular flexibility index (Phi) is 2.60. The van der Waals surface area contributed by atoms with Gasteiger partial charge in [-0.3, -0.25) is 0 Å². The molecule has 0 aliphatic heterocycles. The Labute approximate surface area is 88.0 Å². The standard InChI is InChI=1S/C11H14N2O2/c12-11(13-15)9-5-1-4-8-7(9)3-2-6-10(8)14/h1,4-5,10,14-15H,2-3,6H2,(H2,12,13)/t10-/m0/s1. The van der Waals surface area contributed by atoms with Crippen LogP contribution < -0.4 is 5.73 Å². The first-order valence-corrected chi connectivity index (χ1v) is 5.01. The highest BCUT2D eigenvalue weighted by Crippen LogP contribution is 2.31. The molecule has 0 spiro atoms. The molecule has 0 saturated carbocycles. The number of nitrogens with zero attached hydrogens (tertiary/aromatic N) is 1. The highest BCUT2D eigenvalue weighted by atomic mass is 16.4. The molecule has 2 rings (SSSR count). The fourth-order valence-corrected chi connectivity index (χ4v) is 2.12. The summed E-state index contributed by atoms with van der Waals surface area (Å²) in [6.07, 6.45) is 2.18. The summed E-state index contributed by atoms with van der Waals surface area (Å²) in [6.45, 7) is 0. The van der Waals surface area contributed by atoms with E-state index in [4.69, 9.17) is 10.9 Å². The molecule has 1 aromatic rings. The van der Waals surface area contributed by atoms with Crippen molar-refractivity contribution >= 4 is 5.84 Å². The lowest BCUT2D eigenvalue weighted by atomic mass is 9.86. The predicted octanol–water partition coefficient (Wildman–Crippen LogP) is 1.15. The van der Waals surface area contributed by atoms with Gasteiger partial charge in [0, 0.05) is 5.56 Å². The van der Waals surface area contributed by atoms with Gasteiger partial charge in [0.05, 0.1) is 6.10 Å². The van der Waals surface area contributed by atoms with Crippen LogP contribution in [-0.2, 0) is 6.42 Å². The Morgan fingerprint density at radius 3 is 3.00 bits per heavy atom. The third kappa shape index (κ3) is 1.68. The average Bonchev–Trinajstić information content (AvgIpc) is 2.28. The number of fused-ring (bicyclic) bond motifs is 1. The second kappa shape index (κ2) is 3.90. The summed E-state index contributed by atoms with van der Waals surface area (Å²) < 4.78 is 0. The summed E-state index contributed by atoms with van der Waals surface area (Å²) in [5.74, 6) is 0.112. The quantitative estimate of drug-likeness (QED) is 0.279. The van der Waals surface area contributed by atoms with Gasteiger partial charge in [0.2, 0.25) is 0 Å². The maximum absolute atomic E-state index is 9.80. The molecule has 0 amide bonds. The lowest BCUT2D eigenvalue weighted by Gasteiger charge is -2.23. The van der Waals surface area contributed by atoms with E-state index in [-0.39, 0.29) is 5.84 Å². The van der Waals surface area contributed by atoms with Crippen molar-refractivity contribution in [3.8, 4) is 0 Å². The lowest BCUT2D eigenvalue weighted by molar-refractivity contribution is 0.156. The molecule has 80 valence electrons. The molecule has 15 heavy (non-hydrogen) atoms. The SMILES string of the molecule is N/C(=N\O)c1cccc2c1CCC[C@@H]2O. The summed E-state index contributed by atoms with van der Waals surface area (Å²) in [5, 5.41) is 21.5. The number of hydrogen-bond donors (Lipinski definition) is 3. The molecule has 0 unspecified atom stereocenters. The zero-order valence-electron chi connectivity index (χ0n) is 8.35. The Hall–Kier alpha value is -1.55. The van der Waals surface area contributed by atoms with Gasteiger partial charge in [-0.1, -0.05) is 23.4 Å². The Morgan fingerprint density at radius 2 is 2.27 bits per heavy atom. The van der Waals surface area contributed by atoms with E-state index in [1.807, 2.05) is 18.2 Å². The molecule has 1 aliphatic rings. The first kappa shape index (κ1) is 9.98. The molecule has 0 fully saturated rings. The van der Waals surface area contributed by atoms with Gasteiger partial charge in [-0.25, -0.2) is 0 Å². The summed E-state index contributed by atoms with van der Waals surface area (Å²) >= 11 is 0. The second-order valence-electron chi connectivity index (χ2n) is 3.77. The number of amidine groups is 1. The van der Waals surface area contributed by atoms with Gasteiger partial charge < -0.3 is 16.0 Å². The number of nitrogens with two attached hydrogens (primary N) is 1. The molecule has 1 aliphatic carbocycles. The van der Waals surface area contributed by atoms with Crippen molar-refractivity contribution in [2.24, 2.45) is 10.9 Å². The minimum absolute atomic E-state index is 0.112. The molecule has 0 bridgehead atoms. The highest BCUT2D eigenvalue weighted by molar-refractivity contribution is 5.98. The van der Waals surface area contributed by atoms with Crippen molar-refractivity contribution in [2.75, 3.05) is 0 Å². The van der Waals surface area contributed by atoms with Gasteiger partial charge in [-0.2, -0.15) is 0 Å². The van der Waals surface area contributed by atoms with Crippen LogP contribution in [0.15, 0.2) is 23.4 Å². The summed E-state index contributed by atoms with van der Waals surface area (Å²) in [5.41, 5.74) is 8.23.